The number of aromatic nitrogens is 1. The van der Waals surface area contributed by atoms with Gasteiger partial charge in [-0.1, -0.05) is 35.9 Å². The van der Waals surface area contributed by atoms with Crippen LogP contribution in [0.15, 0.2) is 48.7 Å². The number of anilines is 1. The fourth-order valence-electron chi connectivity index (χ4n) is 2.86. The molecule has 2 aromatic carbocycles. The molecule has 0 fully saturated rings. The second kappa shape index (κ2) is 8.43. The number of pyridine rings is 1. The molecule has 1 aromatic heterocycles. The van der Waals surface area contributed by atoms with Gasteiger partial charge >= 0.3 is 0 Å². The maximum atomic E-state index is 14.6. The summed E-state index contributed by atoms with van der Waals surface area (Å²) in [5.74, 6) is -0.535. The molecule has 3 rings (SSSR count). The number of nitrogens with zero attached hydrogens (tertiary/aromatic N) is 1. The second-order valence-corrected chi connectivity index (χ2v) is 8.98. The van der Waals surface area contributed by atoms with Crippen LogP contribution in [0.2, 0.25) is 5.02 Å². The molecule has 0 aliphatic rings. The zero-order valence-electron chi connectivity index (χ0n) is 15.5. The van der Waals surface area contributed by atoms with Crippen molar-refractivity contribution in [3.8, 4) is 0 Å². The molecule has 0 amide bonds. The summed E-state index contributed by atoms with van der Waals surface area (Å²) in [7, 11) is -3.36. The number of halogens is 2. The second-order valence-electron chi connectivity index (χ2n) is 6.82. The van der Waals surface area contributed by atoms with E-state index in [1.165, 1.54) is 6.20 Å². The van der Waals surface area contributed by atoms with E-state index in [1.54, 1.807) is 44.2 Å². The van der Waals surface area contributed by atoms with Gasteiger partial charge in [-0.2, -0.15) is 0 Å². The minimum absolute atomic E-state index is 0.0787. The van der Waals surface area contributed by atoms with E-state index in [2.05, 4.69) is 15.0 Å². The first-order valence-corrected chi connectivity index (χ1v) is 10.8. The van der Waals surface area contributed by atoms with Crippen molar-refractivity contribution in [3.05, 3.63) is 70.6 Å². The lowest BCUT2D eigenvalue weighted by Gasteiger charge is -2.11. The van der Waals surface area contributed by atoms with E-state index in [4.69, 9.17) is 11.6 Å². The molecule has 1 heterocycles. The lowest BCUT2D eigenvalue weighted by atomic mass is 10.1. The molecule has 148 valence electrons. The molecule has 2 N–H and O–H groups in total. The van der Waals surface area contributed by atoms with Crippen LogP contribution in [0.25, 0.3) is 10.9 Å². The molecule has 0 unspecified atom stereocenters. The van der Waals surface area contributed by atoms with Crippen LogP contribution in [-0.2, 0) is 22.3 Å². The van der Waals surface area contributed by atoms with Crippen LogP contribution in [0.1, 0.15) is 25.0 Å². The Hall–Kier alpha value is -2.22. The summed E-state index contributed by atoms with van der Waals surface area (Å²) in [6.45, 7) is 3.95. The van der Waals surface area contributed by atoms with Crippen LogP contribution in [0, 0.1) is 5.82 Å². The molecular weight excluding hydrogens is 401 g/mol. The molecular formula is C20H21ClFN3O2S. The Labute approximate surface area is 169 Å². The fourth-order valence-corrected chi connectivity index (χ4v) is 4.50. The highest BCUT2D eigenvalue weighted by Crippen LogP contribution is 2.28. The third kappa shape index (κ3) is 4.98. The first-order chi connectivity index (χ1) is 13.2. The van der Waals surface area contributed by atoms with E-state index in [0.29, 0.717) is 28.2 Å². The highest BCUT2D eigenvalue weighted by molar-refractivity contribution is 7.88. The summed E-state index contributed by atoms with van der Waals surface area (Å²) in [6.07, 6.45) is 1.47. The van der Waals surface area contributed by atoms with Crippen LogP contribution in [0.3, 0.4) is 0 Å². The van der Waals surface area contributed by atoms with Gasteiger partial charge in [-0.15, -0.1) is 0 Å². The largest absolute Gasteiger partial charge is 0.379 e. The standard InChI is InChI=1S/C20H21ClFN3O2S/c1-13(2)25-28(26,27)12-15-5-3-14(4-6-15)11-24-18-8-7-16-17(21)9-10-23-20(16)19(18)22/h3-10,13,24-25H,11-12H2,1-2H3. The Morgan fingerprint density at radius 3 is 2.43 bits per heavy atom. The van der Waals surface area contributed by atoms with Gasteiger partial charge in [-0.3, -0.25) is 4.98 Å². The minimum Gasteiger partial charge on any atom is -0.379 e. The maximum absolute atomic E-state index is 14.6. The van der Waals surface area contributed by atoms with Gasteiger partial charge < -0.3 is 5.32 Å². The minimum atomic E-state index is -3.36. The summed E-state index contributed by atoms with van der Waals surface area (Å²) in [5, 5.41) is 4.06. The first kappa shape index (κ1) is 20.5. The van der Waals surface area contributed by atoms with Crippen molar-refractivity contribution in [1.82, 2.24) is 9.71 Å². The average Bonchev–Trinajstić information content (AvgIpc) is 2.61. The highest BCUT2D eigenvalue weighted by atomic mass is 35.5. The third-order valence-electron chi connectivity index (χ3n) is 4.08. The highest BCUT2D eigenvalue weighted by Gasteiger charge is 2.13. The van der Waals surface area contributed by atoms with Gasteiger partial charge in [0, 0.05) is 24.2 Å². The van der Waals surface area contributed by atoms with Crippen molar-refractivity contribution >= 4 is 38.2 Å². The topological polar surface area (TPSA) is 71.1 Å². The molecule has 0 aliphatic carbocycles. The molecule has 0 saturated carbocycles. The summed E-state index contributed by atoms with van der Waals surface area (Å²) < 4.78 is 41.2. The SMILES string of the molecule is CC(C)NS(=O)(=O)Cc1ccc(CNc2ccc3c(Cl)ccnc3c2F)cc1. The Morgan fingerprint density at radius 2 is 1.75 bits per heavy atom. The van der Waals surface area contributed by atoms with Crippen LogP contribution in [0.5, 0.6) is 0 Å². The number of nitrogens with one attached hydrogen (secondary N) is 2. The quantitative estimate of drug-likeness (QED) is 0.590. The van der Waals surface area contributed by atoms with Gasteiger partial charge in [0.25, 0.3) is 0 Å². The number of benzene rings is 2. The number of rotatable bonds is 7. The third-order valence-corrected chi connectivity index (χ3v) is 5.95. The van der Waals surface area contributed by atoms with Crippen molar-refractivity contribution < 1.29 is 12.8 Å². The van der Waals surface area contributed by atoms with Gasteiger partial charge in [-0.25, -0.2) is 17.5 Å². The van der Waals surface area contributed by atoms with Crippen molar-refractivity contribution in [2.75, 3.05) is 5.32 Å². The van der Waals surface area contributed by atoms with Crippen LogP contribution in [-0.4, -0.2) is 19.4 Å². The van der Waals surface area contributed by atoms with Gasteiger partial charge in [0.2, 0.25) is 10.0 Å². The first-order valence-electron chi connectivity index (χ1n) is 8.79. The molecule has 5 nitrogen and oxygen atoms in total. The van der Waals surface area contributed by atoms with Crippen LogP contribution >= 0.6 is 11.6 Å². The van der Waals surface area contributed by atoms with E-state index < -0.39 is 15.8 Å². The Kier molecular flexibility index (Phi) is 6.17. The Balaban J connectivity index is 1.69. The van der Waals surface area contributed by atoms with Crippen LogP contribution in [0.4, 0.5) is 10.1 Å². The monoisotopic (exact) mass is 421 g/mol. The number of hydrogen-bond acceptors (Lipinski definition) is 4. The maximum Gasteiger partial charge on any atom is 0.216 e. The molecule has 8 heteroatoms. The average molecular weight is 422 g/mol. The van der Waals surface area contributed by atoms with Crippen molar-refractivity contribution in [3.63, 3.8) is 0 Å². The molecule has 0 atom stereocenters. The summed E-state index contributed by atoms with van der Waals surface area (Å²) in [4.78, 5) is 4.06. The van der Waals surface area contributed by atoms with Crippen LogP contribution < -0.4 is 10.0 Å². The molecule has 3 aromatic rings. The number of fused-ring (bicyclic) bond motifs is 1. The summed E-state index contributed by atoms with van der Waals surface area (Å²) in [5.41, 5.74) is 2.13. The van der Waals surface area contributed by atoms with Gasteiger partial charge in [0.05, 0.1) is 16.5 Å². The van der Waals surface area contributed by atoms with Crippen molar-refractivity contribution in [2.24, 2.45) is 0 Å². The van der Waals surface area contributed by atoms with E-state index in [0.717, 1.165) is 5.56 Å². The molecule has 28 heavy (non-hydrogen) atoms. The van der Waals surface area contributed by atoms with E-state index in [9.17, 15) is 12.8 Å². The predicted molar refractivity (Wildman–Crippen MR) is 111 cm³/mol. The van der Waals surface area contributed by atoms with Gasteiger partial charge in [0.15, 0.2) is 5.82 Å². The lowest BCUT2D eigenvalue weighted by molar-refractivity contribution is 0.569. The molecule has 0 aliphatic heterocycles. The van der Waals surface area contributed by atoms with Crippen molar-refractivity contribution in [1.29, 1.82) is 0 Å². The Bertz CT molecular complexity index is 1090. The van der Waals surface area contributed by atoms with Gasteiger partial charge in [0.1, 0.15) is 5.52 Å². The Morgan fingerprint density at radius 1 is 1.07 bits per heavy atom. The lowest BCUT2D eigenvalue weighted by Crippen LogP contribution is -2.31. The van der Waals surface area contributed by atoms with E-state index in [1.807, 2.05) is 12.1 Å². The molecule has 0 spiro atoms. The van der Waals surface area contributed by atoms with Gasteiger partial charge in [-0.05, 0) is 43.2 Å². The molecule has 0 saturated heterocycles. The predicted octanol–water partition coefficient (Wildman–Crippen LogP) is 4.47. The normalized spacial score (nSPS) is 11.9. The molecule has 0 bridgehead atoms. The summed E-state index contributed by atoms with van der Waals surface area (Å²) >= 11 is 6.07. The zero-order valence-corrected chi connectivity index (χ0v) is 17.1. The van der Waals surface area contributed by atoms with Crippen molar-refractivity contribution in [2.45, 2.75) is 32.2 Å². The van der Waals surface area contributed by atoms with E-state index >= 15 is 0 Å². The number of sulfonamides is 1. The zero-order chi connectivity index (χ0) is 20.3. The smallest absolute Gasteiger partial charge is 0.216 e. The van der Waals surface area contributed by atoms with E-state index in [-0.39, 0.29) is 17.3 Å². The number of hydrogen-bond donors (Lipinski definition) is 2. The fraction of sp³-hybridized carbons (Fsp3) is 0.250. The molecule has 0 radical (unpaired) electrons. The summed E-state index contributed by atoms with van der Waals surface area (Å²) in [6, 6.07) is 12.0.